The number of aromatic nitrogens is 2. The van der Waals surface area contributed by atoms with E-state index in [9.17, 15) is 8.42 Å². The summed E-state index contributed by atoms with van der Waals surface area (Å²) in [7, 11) is -3.71. The highest BCUT2D eigenvalue weighted by Crippen LogP contribution is 2.29. The molecular formula is C14H12ClN3O3S2. The number of halogens is 1. The zero-order valence-electron chi connectivity index (χ0n) is 12.2. The third kappa shape index (κ3) is 3.39. The molecule has 2 aromatic heterocycles. The number of hydrogen-bond donors (Lipinski definition) is 1. The number of nitrogens with zero attached hydrogens (tertiary/aromatic N) is 2. The van der Waals surface area contributed by atoms with Crippen LogP contribution in [0.15, 0.2) is 38.4 Å². The molecule has 0 aliphatic rings. The van der Waals surface area contributed by atoms with Gasteiger partial charge in [-0.25, -0.2) is 8.42 Å². The predicted molar refractivity (Wildman–Crippen MR) is 89.3 cm³/mol. The van der Waals surface area contributed by atoms with Crippen molar-refractivity contribution in [3.8, 4) is 11.4 Å². The molecule has 0 atom stereocenters. The van der Waals surface area contributed by atoms with Crippen LogP contribution < -0.4 is 4.72 Å². The average Bonchev–Trinajstić information content (AvgIpc) is 3.11. The Morgan fingerprint density at radius 2 is 2.04 bits per heavy atom. The fourth-order valence-corrected chi connectivity index (χ4v) is 4.34. The molecule has 0 saturated heterocycles. The third-order valence-corrected chi connectivity index (χ3v) is 6.11. The Morgan fingerprint density at radius 1 is 1.26 bits per heavy atom. The van der Waals surface area contributed by atoms with Crippen molar-refractivity contribution in [2.24, 2.45) is 0 Å². The Kier molecular flexibility index (Phi) is 4.13. The summed E-state index contributed by atoms with van der Waals surface area (Å²) in [5.74, 6) is 0.780. The highest BCUT2D eigenvalue weighted by molar-refractivity contribution is 7.94. The van der Waals surface area contributed by atoms with Crippen molar-refractivity contribution in [1.29, 1.82) is 0 Å². The molecule has 0 amide bonds. The molecule has 0 fully saturated rings. The number of aryl methyl sites for hydroxylation is 2. The van der Waals surface area contributed by atoms with Crippen molar-refractivity contribution in [3.05, 3.63) is 46.1 Å². The van der Waals surface area contributed by atoms with E-state index in [0.29, 0.717) is 28.0 Å². The summed E-state index contributed by atoms with van der Waals surface area (Å²) in [5.41, 5.74) is 1.82. The lowest BCUT2D eigenvalue weighted by molar-refractivity contribution is 0.394. The van der Waals surface area contributed by atoms with E-state index in [1.807, 2.05) is 0 Å². The fraction of sp³-hybridized carbons (Fsp3) is 0.143. The summed E-state index contributed by atoms with van der Waals surface area (Å²) < 4.78 is 32.6. The second-order valence-electron chi connectivity index (χ2n) is 4.86. The molecule has 1 N–H and O–H groups in total. The summed E-state index contributed by atoms with van der Waals surface area (Å²) in [6.07, 6.45) is 0. The van der Waals surface area contributed by atoms with Gasteiger partial charge in [0.2, 0.25) is 11.7 Å². The molecule has 9 heteroatoms. The second kappa shape index (κ2) is 5.95. The van der Waals surface area contributed by atoms with E-state index in [4.69, 9.17) is 16.1 Å². The van der Waals surface area contributed by atoms with Gasteiger partial charge in [-0.05, 0) is 30.7 Å². The van der Waals surface area contributed by atoms with Crippen LogP contribution >= 0.6 is 22.9 Å². The SMILES string of the molecule is Cc1nc(-c2csc(S(=O)(=O)Nc3cc(Cl)ccc3C)c2)no1. The highest BCUT2D eigenvalue weighted by atomic mass is 35.5. The topological polar surface area (TPSA) is 85.1 Å². The molecular weight excluding hydrogens is 358 g/mol. The lowest BCUT2D eigenvalue weighted by atomic mass is 10.2. The highest BCUT2D eigenvalue weighted by Gasteiger charge is 2.20. The van der Waals surface area contributed by atoms with Crippen LogP contribution in [0.5, 0.6) is 0 Å². The van der Waals surface area contributed by atoms with E-state index in [-0.39, 0.29) is 4.21 Å². The molecule has 120 valence electrons. The average molecular weight is 370 g/mol. The first-order chi connectivity index (χ1) is 10.8. The van der Waals surface area contributed by atoms with Gasteiger partial charge < -0.3 is 4.52 Å². The Hall–Kier alpha value is -1.90. The van der Waals surface area contributed by atoms with Crippen molar-refractivity contribution in [3.63, 3.8) is 0 Å². The lowest BCUT2D eigenvalue weighted by Gasteiger charge is -2.09. The van der Waals surface area contributed by atoms with Gasteiger partial charge in [0.1, 0.15) is 4.21 Å². The first-order valence-electron chi connectivity index (χ1n) is 6.53. The summed E-state index contributed by atoms with van der Waals surface area (Å²) in [5, 5.41) is 5.91. The molecule has 0 aliphatic carbocycles. The Labute approximate surface area is 142 Å². The van der Waals surface area contributed by atoms with Gasteiger partial charge in [-0.15, -0.1) is 11.3 Å². The van der Waals surface area contributed by atoms with Crippen molar-refractivity contribution in [2.45, 2.75) is 18.1 Å². The monoisotopic (exact) mass is 369 g/mol. The van der Waals surface area contributed by atoms with Crippen molar-refractivity contribution in [2.75, 3.05) is 4.72 Å². The van der Waals surface area contributed by atoms with Gasteiger partial charge in [0, 0.05) is 22.9 Å². The quantitative estimate of drug-likeness (QED) is 0.754. The van der Waals surface area contributed by atoms with E-state index in [2.05, 4.69) is 14.9 Å². The van der Waals surface area contributed by atoms with Gasteiger partial charge in [-0.3, -0.25) is 4.72 Å². The zero-order valence-corrected chi connectivity index (χ0v) is 14.6. The van der Waals surface area contributed by atoms with Gasteiger partial charge in [-0.1, -0.05) is 22.8 Å². The molecule has 2 heterocycles. The molecule has 0 radical (unpaired) electrons. The normalized spacial score (nSPS) is 11.6. The maximum Gasteiger partial charge on any atom is 0.271 e. The van der Waals surface area contributed by atoms with Crippen LogP contribution in [-0.2, 0) is 10.0 Å². The van der Waals surface area contributed by atoms with E-state index in [1.165, 1.54) is 6.07 Å². The van der Waals surface area contributed by atoms with Crippen molar-refractivity contribution < 1.29 is 12.9 Å². The van der Waals surface area contributed by atoms with Crippen LogP contribution in [0.4, 0.5) is 5.69 Å². The minimum absolute atomic E-state index is 0.161. The van der Waals surface area contributed by atoms with E-state index in [1.54, 1.807) is 37.4 Å². The standard InChI is InChI=1S/C14H12ClN3O3S2/c1-8-3-4-11(15)6-12(8)18-23(19,20)13-5-10(7-22-13)14-16-9(2)21-17-14/h3-7,18H,1-2H3. The Bertz CT molecular complexity index is 963. The molecule has 0 aliphatic heterocycles. The Morgan fingerprint density at radius 3 is 2.74 bits per heavy atom. The van der Waals surface area contributed by atoms with Gasteiger partial charge in [0.25, 0.3) is 10.0 Å². The molecule has 0 unspecified atom stereocenters. The predicted octanol–water partition coefficient (Wildman–Crippen LogP) is 3.87. The molecule has 23 heavy (non-hydrogen) atoms. The number of nitrogens with one attached hydrogen (secondary N) is 1. The van der Waals surface area contributed by atoms with Crippen molar-refractivity contribution >= 4 is 38.6 Å². The lowest BCUT2D eigenvalue weighted by Crippen LogP contribution is -2.12. The Balaban J connectivity index is 1.91. The largest absolute Gasteiger partial charge is 0.339 e. The molecule has 3 aromatic rings. The summed E-state index contributed by atoms with van der Waals surface area (Å²) >= 11 is 7.00. The number of hydrogen-bond acceptors (Lipinski definition) is 6. The van der Waals surface area contributed by atoms with Crippen LogP contribution in [0, 0.1) is 13.8 Å². The molecule has 0 spiro atoms. The summed E-state index contributed by atoms with van der Waals surface area (Å²) in [4.78, 5) is 4.08. The number of anilines is 1. The smallest absolute Gasteiger partial charge is 0.271 e. The van der Waals surface area contributed by atoms with Crippen LogP contribution in [0.2, 0.25) is 5.02 Å². The maximum absolute atomic E-state index is 12.5. The molecule has 3 rings (SSSR count). The third-order valence-electron chi connectivity index (χ3n) is 3.07. The van der Waals surface area contributed by atoms with Crippen LogP contribution in [0.25, 0.3) is 11.4 Å². The maximum atomic E-state index is 12.5. The van der Waals surface area contributed by atoms with Gasteiger partial charge in [0.15, 0.2) is 0 Å². The molecule has 6 nitrogen and oxygen atoms in total. The first kappa shape index (κ1) is 16.0. The number of benzene rings is 1. The summed E-state index contributed by atoms with van der Waals surface area (Å²) in [6.45, 7) is 3.47. The molecule has 0 bridgehead atoms. The van der Waals surface area contributed by atoms with Crippen molar-refractivity contribution in [1.82, 2.24) is 10.1 Å². The molecule has 0 saturated carbocycles. The summed E-state index contributed by atoms with van der Waals surface area (Å²) in [6, 6.07) is 6.54. The minimum Gasteiger partial charge on any atom is -0.339 e. The number of thiophene rings is 1. The zero-order chi connectivity index (χ0) is 16.6. The van der Waals surface area contributed by atoms with Gasteiger partial charge in [-0.2, -0.15) is 4.98 Å². The van der Waals surface area contributed by atoms with Crippen LogP contribution in [-0.4, -0.2) is 18.6 Å². The van der Waals surface area contributed by atoms with E-state index >= 15 is 0 Å². The first-order valence-corrected chi connectivity index (χ1v) is 9.27. The number of sulfonamides is 1. The van der Waals surface area contributed by atoms with E-state index in [0.717, 1.165) is 16.9 Å². The minimum atomic E-state index is -3.71. The van der Waals surface area contributed by atoms with Crippen LogP contribution in [0.3, 0.4) is 0 Å². The van der Waals surface area contributed by atoms with Gasteiger partial charge in [0.05, 0.1) is 5.69 Å². The van der Waals surface area contributed by atoms with Crippen LogP contribution in [0.1, 0.15) is 11.5 Å². The second-order valence-corrected chi connectivity index (χ2v) is 8.11. The molecule has 1 aromatic carbocycles. The van der Waals surface area contributed by atoms with E-state index < -0.39 is 10.0 Å². The number of rotatable bonds is 4. The fourth-order valence-electron chi connectivity index (χ4n) is 1.89. The van der Waals surface area contributed by atoms with Gasteiger partial charge >= 0.3 is 0 Å².